The van der Waals surface area contributed by atoms with Crippen molar-refractivity contribution in [1.29, 1.82) is 0 Å². The first kappa shape index (κ1) is 8.82. The van der Waals surface area contributed by atoms with Crippen LogP contribution in [0.3, 0.4) is 0 Å². The lowest BCUT2D eigenvalue weighted by atomic mass is 9.92. The van der Waals surface area contributed by atoms with E-state index < -0.39 is 0 Å². The number of rotatable bonds is 0. The molecule has 1 aromatic rings. The van der Waals surface area contributed by atoms with Gasteiger partial charge in [-0.3, -0.25) is 0 Å². The first-order valence-electron chi connectivity index (χ1n) is 4.86. The van der Waals surface area contributed by atoms with Crippen molar-refractivity contribution in [1.82, 2.24) is 4.98 Å². The second-order valence-corrected chi connectivity index (χ2v) is 4.74. The van der Waals surface area contributed by atoms with Gasteiger partial charge in [-0.05, 0) is 11.6 Å². The van der Waals surface area contributed by atoms with E-state index in [-0.39, 0.29) is 5.41 Å². The number of H-pyrrole nitrogens is 1. The van der Waals surface area contributed by atoms with Gasteiger partial charge in [0.2, 0.25) is 0 Å². The molecule has 1 N–H and O–H groups in total. The van der Waals surface area contributed by atoms with Gasteiger partial charge in [0.1, 0.15) is 0 Å². The lowest BCUT2D eigenvalue weighted by Crippen LogP contribution is -2.11. The summed E-state index contributed by atoms with van der Waals surface area (Å²) in [5.41, 5.74) is 4.26. The first-order valence-corrected chi connectivity index (χ1v) is 4.86. The van der Waals surface area contributed by atoms with Gasteiger partial charge in [0.15, 0.2) is 0 Å². The van der Waals surface area contributed by atoms with E-state index in [4.69, 9.17) is 4.74 Å². The zero-order valence-electron chi connectivity index (χ0n) is 8.61. The van der Waals surface area contributed by atoms with Crippen molar-refractivity contribution < 1.29 is 4.74 Å². The van der Waals surface area contributed by atoms with Crippen LogP contribution in [0.25, 0.3) is 0 Å². The van der Waals surface area contributed by atoms with Gasteiger partial charge in [0, 0.05) is 23.2 Å². The van der Waals surface area contributed by atoms with Crippen molar-refractivity contribution in [2.45, 2.75) is 39.2 Å². The Balaban J connectivity index is 2.36. The van der Waals surface area contributed by atoms with Crippen molar-refractivity contribution in [3.05, 3.63) is 23.0 Å². The molecular formula is C11H17NO. The molecule has 1 aliphatic rings. The smallest absolute Gasteiger partial charge is 0.0734 e. The van der Waals surface area contributed by atoms with Crippen molar-refractivity contribution in [3.8, 4) is 0 Å². The quantitative estimate of drug-likeness (QED) is 0.650. The third-order valence-corrected chi connectivity index (χ3v) is 2.55. The lowest BCUT2D eigenvalue weighted by molar-refractivity contribution is 0.110. The number of aromatic nitrogens is 1. The minimum absolute atomic E-state index is 0.220. The molecular weight excluding hydrogens is 162 g/mol. The van der Waals surface area contributed by atoms with E-state index in [1.807, 2.05) is 0 Å². The molecule has 0 aliphatic carbocycles. The topological polar surface area (TPSA) is 25.0 Å². The number of aromatic amines is 1. The van der Waals surface area contributed by atoms with Crippen molar-refractivity contribution in [3.63, 3.8) is 0 Å². The number of ether oxygens (including phenoxy) is 1. The Hall–Kier alpha value is -0.760. The predicted molar refractivity (Wildman–Crippen MR) is 52.9 cm³/mol. The summed E-state index contributed by atoms with van der Waals surface area (Å²) in [6.07, 6.45) is 1.03. The summed E-state index contributed by atoms with van der Waals surface area (Å²) in [4.78, 5) is 3.49. The normalized spacial score (nSPS) is 17.2. The van der Waals surface area contributed by atoms with Gasteiger partial charge in [-0.1, -0.05) is 20.8 Å². The molecule has 0 bridgehead atoms. The molecule has 13 heavy (non-hydrogen) atoms. The maximum absolute atomic E-state index is 5.40. The van der Waals surface area contributed by atoms with Crippen LogP contribution in [0.5, 0.6) is 0 Å². The van der Waals surface area contributed by atoms with Crippen molar-refractivity contribution in [2.24, 2.45) is 0 Å². The third-order valence-electron chi connectivity index (χ3n) is 2.55. The highest BCUT2D eigenvalue weighted by Gasteiger charge is 2.20. The molecule has 0 saturated heterocycles. The molecule has 0 spiro atoms. The van der Waals surface area contributed by atoms with Crippen LogP contribution in [0, 0.1) is 0 Å². The maximum Gasteiger partial charge on any atom is 0.0734 e. The fourth-order valence-electron chi connectivity index (χ4n) is 1.65. The van der Waals surface area contributed by atoms with Gasteiger partial charge in [0.25, 0.3) is 0 Å². The summed E-state index contributed by atoms with van der Waals surface area (Å²) in [6.45, 7) is 8.32. The number of fused-ring (bicyclic) bond motifs is 1. The fraction of sp³-hybridized carbons (Fsp3) is 0.636. The Bertz CT molecular complexity index is 283. The van der Waals surface area contributed by atoms with E-state index in [2.05, 4.69) is 31.8 Å². The molecule has 2 heteroatoms. The van der Waals surface area contributed by atoms with Gasteiger partial charge in [-0.25, -0.2) is 0 Å². The van der Waals surface area contributed by atoms with Crippen LogP contribution in [0.15, 0.2) is 6.07 Å². The molecule has 0 unspecified atom stereocenters. The molecule has 0 radical (unpaired) electrons. The molecule has 0 amide bonds. The second kappa shape index (κ2) is 2.88. The van der Waals surface area contributed by atoms with Gasteiger partial charge >= 0.3 is 0 Å². The van der Waals surface area contributed by atoms with E-state index in [1.165, 1.54) is 17.0 Å². The summed E-state index contributed by atoms with van der Waals surface area (Å²) in [5.74, 6) is 0. The fourth-order valence-corrected chi connectivity index (χ4v) is 1.65. The Labute approximate surface area is 79.3 Å². The molecule has 0 atom stereocenters. The zero-order valence-corrected chi connectivity index (χ0v) is 8.61. The van der Waals surface area contributed by atoms with Crippen LogP contribution in [0.4, 0.5) is 0 Å². The molecule has 0 saturated carbocycles. The summed E-state index contributed by atoms with van der Waals surface area (Å²) in [7, 11) is 0. The van der Waals surface area contributed by atoms with E-state index >= 15 is 0 Å². The Morgan fingerprint density at radius 1 is 1.38 bits per heavy atom. The van der Waals surface area contributed by atoms with Crippen LogP contribution < -0.4 is 0 Å². The molecule has 2 rings (SSSR count). The molecule has 0 fully saturated rings. The molecule has 72 valence electrons. The Morgan fingerprint density at radius 3 is 2.77 bits per heavy atom. The summed E-state index contributed by atoms with van der Waals surface area (Å²) in [5, 5.41) is 0. The average molecular weight is 179 g/mol. The van der Waals surface area contributed by atoms with Gasteiger partial charge in [0.05, 0.1) is 13.2 Å². The second-order valence-electron chi connectivity index (χ2n) is 4.74. The monoisotopic (exact) mass is 179 g/mol. The van der Waals surface area contributed by atoms with E-state index in [0.29, 0.717) is 0 Å². The highest BCUT2D eigenvalue weighted by molar-refractivity contribution is 5.30. The largest absolute Gasteiger partial charge is 0.376 e. The Kier molecular flexibility index (Phi) is 1.95. The third kappa shape index (κ3) is 1.63. The van der Waals surface area contributed by atoms with E-state index in [1.54, 1.807) is 0 Å². The van der Waals surface area contributed by atoms with Gasteiger partial charge < -0.3 is 9.72 Å². The average Bonchev–Trinajstić information content (AvgIpc) is 2.45. The number of hydrogen-bond donors (Lipinski definition) is 1. The van der Waals surface area contributed by atoms with Crippen LogP contribution in [0.1, 0.15) is 37.7 Å². The SMILES string of the molecule is CC(C)(C)c1cc2c([nH]1)CCOC2. The van der Waals surface area contributed by atoms with E-state index in [9.17, 15) is 0 Å². The zero-order chi connectivity index (χ0) is 9.47. The highest BCUT2D eigenvalue weighted by Crippen LogP contribution is 2.26. The van der Waals surface area contributed by atoms with Crippen LogP contribution >= 0.6 is 0 Å². The van der Waals surface area contributed by atoms with Crippen molar-refractivity contribution in [2.75, 3.05) is 6.61 Å². The molecule has 2 nitrogen and oxygen atoms in total. The molecule has 1 aliphatic heterocycles. The molecule has 2 heterocycles. The summed E-state index contributed by atoms with van der Waals surface area (Å²) < 4.78 is 5.40. The first-order chi connectivity index (χ1) is 6.07. The predicted octanol–water partition coefficient (Wildman–Crippen LogP) is 2.38. The summed E-state index contributed by atoms with van der Waals surface area (Å²) >= 11 is 0. The molecule has 1 aromatic heterocycles. The molecule has 0 aromatic carbocycles. The van der Waals surface area contributed by atoms with Gasteiger partial charge in [-0.2, -0.15) is 0 Å². The number of hydrogen-bond acceptors (Lipinski definition) is 1. The Morgan fingerprint density at radius 2 is 2.15 bits per heavy atom. The van der Waals surface area contributed by atoms with Crippen molar-refractivity contribution >= 4 is 0 Å². The van der Waals surface area contributed by atoms with Crippen LogP contribution in [-0.2, 0) is 23.2 Å². The van der Waals surface area contributed by atoms with Gasteiger partial charge in [-0.15, -0.1) is 0 Å². The standard InChI is InChI=1S/C11H17NO/c1-11(2,3)10-6-8-7-13-5-4-9(8)12-10/h6,12H,4-5,7H2,1-3H3. The minimum atomic E-state index is 0.220. The lowest BCUT2D eigenvalue weighted by Gasteiger charge is -2.15. The highest BCUT2D eigenvalue weighted by atomic mass is 16.5. The van der Waals surface area contributed by atoms with Crippen LogP contribution in [-0.4, -0.2) is 11.6 Å². The maximum atomic E-state index is 5.40. The minimum Gasteiger partial charge on any atom is -0.376 e. The van der Waals surface area contributed by atoms with Crippen LogP contribution in [0.2, 0.25) is 0 Å². The summed E-state index contributed by atoms with van der Waals surface area (Å²) in [6, 6.07) is 2.24. The number of nitrogens with one attached hydrogen (secondary N) is 1. The van der Waals surface area contributed by atoms with E-state index in [0.717, 1.165) is 19.6 Å².